The number of ketones is 1. The summed E-state index contributed by atoms with van der Waals surface area (Å²) in [4.78, 5) is 17.7. The number of aromatic nitrogens is 1. The minimum Gasteiger partial charge on any atom is -0.493 e. The average Bonchev–Trinajstić information content (AvgIpc) is 3.71. The third kappa shape index (κ3) is 6.70. The Hall–Kier alpha value is -3.00. The lowest BCUT2D eigenvalue weighted by Crippen LogP contribution is -2.31. The predicted molar refractivity (Wildman–Crippen MR) is 146 cm³/mol. The third-order valence-corrected chi connectivity index (χ3v) is 7.12. The number of ether oxygens (including phenoxy) is 2. The quantitative estimate of drug-likeness (QED) is 0.273. The molecule has 1 aliphatic carbocycles. The molecule has 1 atom stereocenters. The van der Waals surface area contributed by atoms with E-state index in [4.69, 9.17) is 26.8 Å². The molecule has 8 heteroatoms. The molecule has 38 heavy (non-hydrogen) atoms. The number of halogens is 2. The van der Waals surface area contributed by atoms with Crippen LogP contribution in [-0.4, -0.2) is 29.6 Å². The van der Waals surface area contributed by atoms with E-state index in [2.05, 4.69) is 4.98 Å². The number of hydrogen-bond donors (Lipinski definition) is 2. The zero-order valence-corrected chi connectivity index (χ0v) is 22.9. The molecular formula is C30H34ClFN2O4. The van der Waals surface area contributed by atoms with Crippen molar-refractivity contribution < 1.29 is 23.8 Å². The number of pyridine rings is 1. The topological polar surface area (TPSA) is 94.7 Å². The van der Waals surface area contributed by atoms with Crippen LogP contribution in [0.15, 0.2) is 48.5 Å². The Kier molecular flexibility index (Phi) is 8.12. The van der Waals surface area contributed by atoms with E-state index in [1.54, 1.807) is 50.4 Å². The zero-order valence-electron chi connectivity index (χ0n) is 22.2. The largest absolute Gasteiger partial charge is 0.493 e. The summed E-state index contributed by atoms with van der Waals surface area (Å²) in [6, 6.07) is 13.0. The van der Waals surface area contributed by atoms with Crippen molar-refractivity contribution in [1.29, 1.82) is 0 Å². The maximum absolute atomic E-state index is 13.8. The van der Waals surface area contributed by atoms with Crippen molar-refractivity contribution in [3.63, 3.8) is 0 Å². The molecule has 0 spiro atoms. The van der Waals surface area contributed by atoms with E-state index >= 15 is 0 Å². The number of aliphatic hydroxyl groups is 1. The van der Waals surface area contributed by atoms with Gasteiger partial charge in [0, 0.05) is 23.1 Å². The van der Waals surface area contributed by atoms with Crippen molar-refractivity contribution in [2.75, 3.05) is 13.7 Å². The van der Waals surface area contributed by atoms with Gasteiger partial charge in [0.1, 0.15) is 11.4 Å². The highest BCUT2D eigenvalue weighted by Gasteiger charge is 2.29. The number of methoxy groups -OCH3 is 1. The van der Waals surface area contributed by atoms with Gasteiger partial charge in [0.2, 0.25) is 0 Å². The highest BCUT2D eigenvalue weighted by Crippen LogP contribution is 2.35. The fourth-order valence-electron chi connectivity index (χ4n) is 4.06. The van der Waals surface area contributed by atoms with E-state index in [0.717, 1.165) is 5.56 Å². The number of carbonyl (C=O) groups is 1. The summed E-state index contributed by atoms with van der Waals surface area (Å²) in [6.45, 7) is 5.95. The molecule has 0 radical (unpaired) electrons. The number of rotatable bonds is 11. The van der Waals surface area contributed by atoms with Gasteiger partial charge in [-0.25, -0.2) is 9.37 Å². The molecule has 1 heterocycles. The summed E-state index contributed by atoms with van der Waals surface area (Å²) >= 11 is 6.00. The second kappa shape index (κ2) is 11.0. The maximum Gasteiger partial charge on any atom is 0.163 e. The molecule has 202 valence electrons. The van der Waals surface area contributed by atoms with Gasteiger partial charge in [-0.3, -0.25) is 4.79 Å². The molecule has 1 unspecified atom stereocenters. The number of Topliss-reactive ketones (excluding diaryl/α,β-unsaturated/α-hetero) is 1. The molecule has 2 aromatic carbocycles. The van der Waals surface area contributed by atoms with Crippen LogP contribution in [-0.2, 0) is 11.1 Å². The highest BCUT2D eigenvalue weighted by atomic mass is 35.5. The Morgan fingerprint density at radius 2 is 1.87 bits per heavy atom. The van der Waals surface area contributed by atoms with Gasteiger partial charge in [-0.2, -0.15) is 0 Å². The fraction of sp³-hybridized carbons (Fsp3) is 0.400. The van der Waals surface area contributed by atoms with Gasteiger partial charge in [-0.1, -0.05) is 11.6 Å². The molecule has 0 aliphatic heterocycles. The van der Waals surface area contributed by atoms with E-state index in [1.807, 2.05) is 13.8 Å². The Morgan fingerprint density at radius 1 is 1.13 bits per heavy atom. The number of hydrogen-bond acceptors (Lipinski definition) is 6. The second-order valence-electron chi connectivity index (χ2n) is 10.8. The van der Waals surface area contributed by atoms with E-state index in [9.17, 15) is 14.3 Å². The molecular weight excluding hydrogens is 507 g/mol. The first-order valence-corrected chi connectivity index (χ1v) is 13.1. The van der Waals surface area contributed by atoms with Crippen molar-refractivity contribution in [3.05, 3.63) is 76.2 Å². The maximum atomic E-state index is 13.8. The van der Waals surface area contributed by atoms with Crippen LogP contribution in [0.2, 0.25) is 5.02 Å². The molecule has 0 bridgehead atoms. The minimum absolute atomic E-state index is 0.0278. The Bertz CT molecular complexity index is 1330. The molecule has 4 rings (SSSR count). The van der Waals surface area contributed by atoms with Gasteiger partial charge < -0.3 is 20.3 Å². The smallest absolute Gasteiger partial charge is 0.163 e. The van der Waals surface area contributed by atoms with E-state index in [-0.39, 0.29) is 23.6 Å². The average molecular weight is 541 g/mol. The van der Waals surface area contributed by atoms with Gasteiger partial charge in [0.25, 0.3) is 0 Å². The molecule has 1 aliphatic rings. The number of nitrogens with zero attached hydrogens (tertiary/aromatic N) is 1. The molecule has 6 nitrogen and oxygen atoms in total. The predicted octanol–water partition coefficient (Wildman–Crippen LogP) is 6.40. The normalized spacial score (nSPS) is 15.2. The summed E-state index contributed by atoms with van der Waals surface area (Å²) in [5, 5.41) is 11.4. The monoisotopic (exact) mass is 540 g/mol. The molecule has 3 N–H and O–H groups in total. The van der Waals surface area contributed by atoms with Gasteiger partial charge >= 0.3 is 0 Å². The summed E-state index contributed by atoms with van der Waals surface area (Å²) in [5.74, 6) is 1.04. The summed E-state index contributed by atoms with van der Waals surface area (Å²) < 4.78 is 25.0. The van der Waals surface area contributed by atoms with Crippen molar-refractivity contribution in [1.82, 2.24) is 4.98 Å². The fourth-order valence-corrected chi connectivity index (χ4v) is 4.24. The Labute approximate surface area is 227 Å². The Morgan fingerprint density at radius 3 is 2.50 bits per heavy atom. The number of nitrogens with two attached hydrogens (primary N) is 1. The van der Waals surface area contributed by atoms with E-state index in [1.165, 1.54) is 25.0 Å². The van der Waals surface area contributed by atoms with Crippen molar-refractivity contribution in [2.24, 2.45) is 11.7 Å². The highest BCUT2D eigenvalue weighted by molar-refractivity contribution is 6.31. The first-order chi connectivity index (χ1) is 17.9. The molecule has 1 aromatic heterocycles. The van der Waals surface area contributed by atoms with Crippen LogP contribution in [0.5, 0.6) is 11.5 Å². The molecule has 3 aromatic rings. The van der Waals surface area contributed by atoms with Crippen molar-refractivity contribution in [3.8, 4) is 22.8 Å². The van der Waals surface area contributed by atoms with Crippen molar-refractivity contribution >= 4 is 17.4 Å². The van der Waals surface area contributed by atoms with Crippen LogP contribution in [0, 0.1) is 11.7 Å². The Balaban J connectivity index is 1.55. The van der Waals surface area contributed by atoms with Crippen molar-refractivity contribution in [2.45, 2.75) is 57.6 Å². The molecule has 1 saturated carbocycles. The van der Waals surface area contributed by atoms with Crippen LogP contribution in [0.1, 0.15) is 68.1 Å². The van der Waals surface area contributed by atoms with Crippen LogP contribution < -0.4 is 15.2 Å². The van der Waals surface area contributed by atoms with Crippen LogP contribution >= 0.6 is 11.6 Å². The first kappa shape index (κ1) is 28.0. The standard InChI is InChI=1S/C30H34ClFN2O4/c1-29(2,33)21-15-24(19-7-9-23(32)22(31)13-19)34-28(16-21)30(3,36)12-11-25(35)20-8-10-26(27(14-20)37-4)38-17-18-5-6-18/h7-10,13-16,18,36H,5-6,11-12,17,33H2,1-4H3. The van der Waals surface area contributed by atoms with Crippen LogP contribution in [0.3, 0.4) is 0 Å². The van der Waals surface area contributed by atoms with Crippen LogP contribution in [0.25, 0.3) is 11.3 Å². The van der Waals surface area contributed by atoms with E-state index < -0.39 is 17.0 Å². The van der Waals surface area contributed by atoms with Gasteiger partial charge in [-0.05, 0) is 100 Å². The third-order valence-electron chi connectivity index (χ3n) is 6.83. The lowest BCUT2D eigenvalue weighted by molar-refractivity contribution is 0.0396. The molecule has 0 saturated heterocycles. The minimum atomic E-state index is -1.44. The van der Waals surface area contributed by atoms with Gasteiger partial charge in [-0.15, -0.1) is 0 Å². The van der Waals surface area contributed by atoms with Gasteiger partial charge in [0.05, 0.1) is 30.1 Å². The molecule has 0 amide bonds. The second-order valence-corrected chi connectivity index (χ2v) is 11.2. The lowest BCUT2D eigenvalue weighted by atomic mass is 9.88. The summed E-state index contributed by atoms with van der Waals surface area (Å²) in [5.41, 5.74) is 6.86. The first-order valence-electron chi connectivity index (χ1n) is 12.7. The number of benzene rings is 2. The zero-order chi connectivity index (χ0) is 27.7. The SMILES string of the molecule is COc1cc(C(=O)CCC(C)(O)c2cc(C(C)(C)N)cc(-c3ccc(F)c(Cl)c3)n2)ccc1OCC1CC1. The summed E-state index contributed by atoms with van der Waals surface area (Å²) in [7, 11) is 1.54. The summed E-state index contributed by atoms with van der Waals surface area (Å²) in [6.07, 6.45) is 2.56. The lowest BCUT2D eigenvalue weighted by Gasteiger charge is -2.27. The van der Waals surface area contributed by atoms with E-state index in [0.29, 0.717) is 46.5 Å². The molecule has 1 fully saturated rings. The van der Waals surface area contributed by atoms with Crippen LogP contribution in [0.4, 0.5) is 4.39 Å². The van der Waals surface area contributed by atoms with Gasteiger partial charge in [0.15, 0.2) is 17.3 Å². The number of carbonyl (C=O) groups excluding carboxylic acids is 1.